The van der Waals surface area contributed by atoms with E-state index >= 15 is 0 Å². The summed E-state index contributed by atoms with van der Waals surface area (Å²) in [5, 5.41) is 0. The molecule has 0 saturated heterocycles. The van der Waals surface area contributed by atoms with Gasteiger partial charge in [-0.2, -0.15) is 4.40 Å². The van der Waals surface area contributed by atoms with Gasteiger partial charge < -0.3 is 0 Å². The van der Waals surface area contributed by atoms with E-state index in [9.17, 15) is 8.42 Å². The smallest absolute Gasteiger partial charge is 0.216 e. The number of nitrogens with zero attached hydrogens (tertiary/aromatic N) is 1. The summed E-state index contributed by atoms with van der Waals surface area (Å²) in [7, 11) is 1.48. The summed E-state index contributed by atoms with van der Waals surface area (Å²) in [4.78, 5) is 0.0967. The Bertz CT molecular complexity index is 430. The van der Waals surface area contributed by atoms with Gasteiger partial charge in [-0.25, -0.2) is 8.42 Å². The maximum Gasteiger partial charge on any atom is 0.235 e. The summed E-state index contributed by atoms with van der Waals surface area (Å²) >= 11 is 5.94. The summed E-state index contributed by atoms with van der Waals surface area (Å²) in [6.45, 7) is 0. The third-order valence-corrected chi connectivity index (χ3v) is 4.18. The fraction of sp³-hybridized carbons (Fsp3) is 0. The summed E-state index contributed by atoms with van der Waals surface area (Å²) in [5.41, 5.74) is 0. The zero-order chi connectivity index (χ0) is 10.6. The van der Waals surface area contributed by atoms with Gasteiger partial charge in [-0.3, -0.25) is 0 Å². The highest BCUT2D eigenvalue weighted by Crippen LogP contribution is 2.18. The number of benzene rings is 1. The molecule has 3 nitrogen and oxygen atoms in total. The zero-order valence-electron chi connectivity index (χ0n) is 6.72. The predicted octanol–water partition coefficient (Wildman–Crippen LogP) is 2.86. The molecule has 0 atom stereocenters. The van der Waals surface area contributed by atoms with Crippen molar-refractivity contribution in [2.45, 2.75) is 4.90 Å². The van der Waals surface area contributed by atoms with Crippen molar-refractivity contribution in [1.82, 2.24) is 0 Å². The molecule has 0 aromatic heterocycles. The summed E-state index contributed by atoms with van der Waals surface area (Å²) in [6, 6.07) is 7.79. The molecular weight excluding hydrogens is 265 g/mol. The molecule has 0 amide bonds. The Kier molecular flexibility index (Phi) is 4.25. The molecule has 0 spiro atoms. The largest absolute Gasteiger partial charge is 0.235 e. The highest BCUT2D eigenvalue weighted by molar-refractivity contribution is 8.21. The van der Waals surface area contributed by atoms with Gasteiger partial charge in [0.1, 0.15) is 0 Å². The number of halogens is 2. The van der Waals surface area contributed by atoms with E-state index in [0.29, 0.717) is 11.2 Å². The molecule has 14 heavy (non-hydrogen) atoms. The Labute approximate surface area is 95.7 Å². The lowest BCUT2D eigenvalue weighted by atomic mass is 10.4. The number of hydrogen-bond acceptors (Lipinski definition) is 4. The fourth-order valence-corrected chi connectivity index (χ4v) is 2.85. The molecule has 0 aliphatic carbocycles. The van der Waals surface area contributed by atoms with E-state index in [1.807, 2.05) is 0 Å². The van der Waals surface area contributed by atoms with Gasteiger partial charge in [-0.15, -0.1) is 0 Å². The van der Waals surface area contributed by atoms with Crippen LogP contribution in [0.1, 0.15) is 0 Å². The molecule has 0 radical (unpaired) electrons. The van der Waals surface area contributed by atoms with E-state index in [1.54, 1.807) is 18.2 Å². The van der Waals surface area contributed by atoms with Crippen molar-refractivity contribution in [2.24, 2.45) is 4.40 Å². The lowest BCUT2D eigenvalue weighted by Crippen LogP contribution is -2.08. The molecule has 0 aliphatic rings. The standard InChI is InChI=1S/C7H5Cl2NO2S2/c8-7(10-13-9)14(11,12)6-4-2-1-3-5-6/h1-5H/b10-7+. The van der Waals surface area contributed by atoms with Crippen molar-refractivity contribution in [1.29, 1.82) is 0 Å². The molecule has 0 aliphatic heterocycles. The molecule has 0 N–H and O–H groups in total. The molecule has 1 aromatic rings. The average Bonchev–Trinajstić information content (AvgIpc) is 2.19. The number of sulfone groups is 1. The minimum absolute atomic E-state index is 0.0967. The van der Waals surface area contributed by atoms with Gasteiger partial charge in [0, 0.05) is 0 Å². The van der Waals surface area contributed by atoms with Crippen LogP contribution in [0.3, 0.4) is 0 Å². The first-order valence-electron chi connectivity index (χ1n) is 3.40. The highest BCUT2D eigenvalue weighted by atomic mass is 35.7. The Balaban J connectivity index is 3.17. The second kappa shape index (κ2) is 5.02. The third-order valence-electron chi connectivity index (χ3n) is 1.38. The van der Waals surface area contributed by atoms with E-state index in [4.69, 9.17) is 22.3 Å². The number of hydrogen-bond donors (Lipinski definition) is 0. The topological polar surface area (TPSA) is 46.5 Å². The molecule has 0 bridgehead atoms. The number of rotatable bonds is 2. The third kappa shape index (κ3) is 2.63. The van der Waals surface area contributed by atoms with Crippen LogP contribution in [0.5, 0.6) is 0 Å². The Hall–Kier alpha value is -0.230. The van der Waals surface area contributed by atoms with E-state index in [0.717, 1.165) is 0 Å². The maximum atomic E-state index is 11.6. The van der Waals surface area contributed by atoms with Crippen LogP contribution in [-0.4, -0.2) is 12.9 Å². The molecule has 0 heterocycles. The quantitative estimate of drug-likeness (QED) is 0.471. The van der Waals surface area contributed by atoms with Gasteiger partial charge in [-0.1, -0.05) is 18.2 Å². The second-order valence-corrected chi connectivity index (χ2v) is 5.41. The predicted molar refractivity (Wildman–Crippen MR) is 60.4 cm³/mol. The summed E-state index contributed by atoms with van der Waals surface area (Å²) < 4.78 is 26.0. The van der Waals surface area contributed by atoms with Gasteiger partial charge in [0.2, 0.25) is 14.3 Å². The highest BCUT2D eigenvalue weighted by Gasteiger charge is 2.20. The molecule has 76 valence electrons. The van der Waals surface area contributed by atoms with E-state index in [-0.39, 0.29) is 4.90 Å². The van der Waals surface area contributed by atoms with Crippen LogP contribution in [0.2, 0.25) is 0 Å². The van der Waals surface area contributed by atoms with Crippen molar-refractivity contribution < 1.29 is 8.42 Å². The van der Waals surface area contributed by atoms with Crippen LogP contribution in [0, 0.1) is 0 Å². The van der Waals surface area contributed by atoms with Crippen LogP contribution in [0.15, 0.2) is 39.6 Å². The van der Waals surface area contributed by atoms with Gasteiger partial charge in [0.25, 0.3) is 0 Å². The summed E-state index contributed by atoms with van der Waals surface area (Å²) in [6.07, 6.45) is 0. The minimum Gasteiger partial charge on any atom is -0.216 e. The second-order valence-electron chi connectivity index (χ2n) is 2.23. The first kappa shape index (κ1) is 11.8. The first-order chi connectivity index (χ1) is 6.59. The Morgan fingerprint density at radius 2 is 1.86 bits per heavy atom. The average molecular weight is 270 g/mol. The zero-order valence-corrected chi connectivity index (χ0v) is 9.87. The van der Waals surface area contributed by atoms with Crippen molar-refractivity contribution >= 4 is 47.8 Å². The van der Waals surface area contributed by atoms with Crippen molar-refractivity contribution in [3.05, 3.63) is 30.3 Å². The summed E-state index contributed by atoms with van der Waals surface area (Å²) in [5.74, 6) is 0. The van der Waals surface area contributed by atoms with Gasteiger partial charge >= 0.3 is 0 Å². The SMILES string of the molecule is O=S(=O)(/C(Cl)=N/SCl)c1ccccc1. The van der Waals surface area contributed by atoms with Crippen LogP contribution in [0.4, 0.5) is 0 Å². The maximum absolute atomic E-state index is 11.6. The molecule has 7 heteroatoms. The minimum atomic E-state index is -3.69. The van der Waals surface area contributed by atoms with Crippen molar-refractivity contribution in [3.63, 3.8) is 0 Å². The molecule has 1 rings (SSSR count). The molecule has 1 aromatic carbocycles. The van der Waals surface area contributed by atoms with Gasteiger partial charge in [0.05, 0.1) is 16.1 Å². The Morgan fingerprint density at radius 1 is 1.29 bits per heavy atom. The molecule has 0 unspecified atom stereocenters. The fourth-order valence-electron chi connectivity index (χ4n) is 0.773. The van der Waals surface area contributed by atoms with Gasteiger partial charge in [0.15, 0.2) is 0 Å². The molecule has 0 saturated carbocycles. The van der Waals surface area contributed by atoms with Crippen LogP contribution in [0.25, 0.3) is 0 Å². The molecular formula is C7H5Cl2NO2S2. The van der Waals surface area contributed by atoms with Crippen LogP contribution in [-0.2, 0) is 9.84 Å². The molecule has 0 fully saturated rings. The van der Waals surface area contributed by atoms with E-state index in [2.05, 4.69) is 4.40 Å². The lowest BCUT2D eigenvalue weighted by molar-refractivity contribution is 0.608. The van der Waals surface area contributed by atoms with Crippen LogP contribution >= 0.6 is 33.4 Å². The Morgan fingerprint density at radius 3 is 2.36 bits per heavy atom. The lowest BCUT2D eigenvalue weighted by Gasteiger charge is -1.99. The van der Waals surface area contributed by atoms with Crippen molar-refractivity contribution in [2.75, 3.05) is 0 Å². The normalized spacial score (nSPS) is 12.9. The van der Waals surface area contributed by atoms with Gasteiger partial charge in [-0.05, 0) is 34.4 Å². The van der Waals surface area contributed by atoms with Crippen LogP contribution < -0.4 is 0 Å². The van der Waals surface area contributed by atoms with Crippen molar-refractivity contribution in [3.8, 4) is 0 Å². The van der Waals surface area contributed by atoms with E-state index < -0.39 is 14.3 Å². The monoisotopic (exact) mass is 269 g/mol. The van der Waals surface area contributed by atoms with E-state index in [1.165, 1.54) is 12.1 Å². The first-order valence-corrected chi connectivity index (χ1v) is 6.86.